The average Bonchev–Trinajstić information content (AvgIpc) is 2.68. The third-order valence-electron chi connectivity index (χ3n) is 4.40. The number of para-hydroxylation sites is 1. The number of rotatable bonds is 3. The number of carbonyl (C=O) groups excluding carboxylic acids is 1. The number of amides is 1. The number of nitrogens with one attached hydrogen (secondary N) is 1. The number of carbonyl (C=O) groups is 1. The molecular weight excluding hydrogens is 366 g/mol. The normalized spacial score (nSPS) is 14.4. The van der Waals surface area contributed by atoms with E-state index < -0.39 is 0 Å². The summed E-state index contributed by atoms with van der Waals surface area (Å²) < 4.78 is 0. The Bertz CT molecular complexity index is 957. The van der Waals surface area contributed by atoms with Crippen molar-refractivity contribution in [2.24, 2.45) is 0 Å². The van der Waals surface area contributed by atoms with Gasteiger partial charge >= 0.3 is 0 Å². The summed E-state index contributed by atoms with van der Waals surface area (Å²) in [4.78, 5) is 19.5. The van der Waals surface area contributed by atoms with Gasteiger partial charge in [0, 0.05) is 46.9 Å². The van der Waals surface area contributed by atoms with Gasteiger partial charge in [0.25, 0.3) is 5.91 Å². The van der Waals surface area contributed by atoms with E-state index in [0.29, 0.717) is 10.6 Å². The predicted molar refractivity (Wildman–Crippen MR) is 110 cm³/mol. The number of halogens is 1. The number of thioether (sulfide) groups is 1. The maximum absolute atomic E-state index is 13.1. The first kappa shape index (κ1) is 17.2. The fourth-order valence-corrected chi connectivity index (χ4v) is 4.18. The summed E-state index contributed by atoms with van der Waals surface area (Å²) >= 11 is 8.01. The zero-order valence-corrected chi connectivity index (χ0v) is 15.7. The van der Waals surface area contributed by atoms with Crippen molar-refractivity contribution < 1.29 is 4.79 Å². The van der Waals surface area contributed by atoms with E-state index in [0.717, 1.165) is 46.9 Å². The molecule has 1 saturated heterocycles. The first-order valence-corrected chi connectivity index (χ1v) is 10.0. The number of nitrogens with zero attached hydrogens (tertiary/aromatic N) is 2. The highest BCUT2D eigenvalue weighted by atomic mass is 35.5. The molecule has 1 aliphatic rings. The predicted octanol–water partition coefficient (Wildman–Crippen LogP) is 4.82. The molecular formula is C20H18ClN3OS. The van der Waals surface area contributed by atoms with E-state index in [9.17, 15) is 4.79 Å². The van der Waals surface area contributed by atoms with Gasteiger partial charge in [0.2, 0.25) is 0 Å². The highest BCUT2D eigenvalue weighted by Crippen LogP contribution is 2.31. The second-order valence-electron chi connectivity index (χ2n) is 6.10. The molecule has 0 bridgehead atoms. The van der Waals surface area contributed by atoms with Crippen LogP contribution in [-0.2, 0) is 0 Å². The lowest BCUT2D eigenvalue weighted by molar-refractivity contribution is 0.0773. The summed E-state index contributed by atoms with van der Waals surface area (Å²) in [6, 6.07) is 15.3. The molecule has 4 rings (SSSR count). The van der Waals surface area contributed by atoms with E-state index in [2.05, 4.69) is 10.3 Å². The van der Waals surface area contributed by atoms with E-state index in [-0.39, 0.29) is 5.91 Å². The molecule has 4 nitrogen and oxygen atoms in total. The lowest BCUT2D eigenvalue weighted by atomic mass is 10.1. The minimum Gasteiger partial charge on any atom is -0.354 e. The second-order valence-corrected chi connectivity index (χ2v) is 7.77. The Morgan fingerprint density at radius 1 is 1.12 bits per heavy atom. The summed E-state index contributed by atoms with van der Waals surface area (Å²) in [6.07, 6.45) is 1.68. The molecule has 132 valence electrons. The molecule has 1 aliphatic heterocycles. The van der Waals surface area contributed by atoms with Crippen LogP contribution in [0.5, 0.6) is 0 Å². The molecule has 1 aromatic heterocycles. The van der Waals surface area contributed by atoms with Gasteiger partial charge in [-0.3, -0.25) is 9.78 Å². The number of fused-ring (bicyclic) bond motifs is 1. The minimum absolute atomic E-state index is 0.0214. The molecule has 0 atom stereocenters. The molecule has 6 heteroatoms. The number of benzene rings is 2. The zero-order chi connectivity index (χ0) is 17.9. The highest BCUT2D eigenvalue weighted by Gasteiger charge is 2.23. The van der Waals surface area contributed by atoms with Gasteiger partial charge < -0.3 is 10.2 Å². The smallest absolute Gasteiger partial charge is 0.257 e. The molecule has 1 fully saturated rings. The fraction of sp³-hybridized carbons (Fsp3) is 0.200. The summed E-state index contributed by atoms with van der Waals surface area (Å²) in [5, 5.41) is 4.97. The third kappa shape index (κ3) is 3.50. The van der Waals surface area contributed by atoms with Crippen molar-refractivity contribution in [3.05, 3.63) is 65.3 Å². The van der Waals surface area contributed by atoms with Crippen molar-refractivity contribution in [2.75, 3.05) is 29.9 Å². The molecule has 0 radical (unpaired) electrons. The minimum atomic E-state index is 0.0214. The van der Waals surface area contributed by atoms with Crippen molar-refractivity contribution >= 4 is 51.5 Å². The van der Waals surface area contributed by atoms with Gasteiger partial charge in [0.15, 0.2) is 0 Å². The number of aromatic nitrogens is 1. The Kier molecular flexibility index (Phi) is 5.00. The molecule has 1 amide bonds. The van der Waals surface area contributed by atoms with Gasteiger partial charge in [-0.05, 0) is 24.3 Å². The van der Waals surface area contributed by atoms with Gasteiger partial charge in [-0.15, -0.1) is 0 Å². The molecule has 0 saturated carbocycles. The van der Waals surface area contributed by atoms with E-state index in [1.54, 1.807) is 6.20 Å². The molecule has 3 aromatic rings. The second kappa shape index (κ2) is 7.56. The van der Waals surface area contributed by atoms with Crippen molar-refractivity contribution in [1.82, 2.24) is 9.88 Å². The fourth-order valence-electron chi connectivity index (χ4n) is 3.09. The first-order valence-electron chi connectivity index (χ1n) is 8.50. The SMILES string of the molecule is O=C(c1cnc2ccccc2c1Nc1cccc(Cl)c1)N1CCSCC1. The average molecular weight is 384 g/mol. The van der Waals surface area contributed by atoms with Crippen LogP contribution in [-0.4, -0.2) is 40.4 Å². The molecule has 2 heterocycles. The lowest BCUT2D eigenvalue weighted by Crippen LogP contribution is -2.38. The third-order valence-corrected chi connectivity index (χ3v) is 5.58. The Hall–Kier alpha value is -2.24. The van der Waals surface area contributed by atoms with Crippen molar-refractivity contribution in [3.63, 3.8) is 0 Å². The van der Waals surface area contributed by atoms with E-state index in [1.165, 1.54) is 0 Å². The van der Waals surface area contributed by atoms with Crippen LogP contribution in [0.4, 0.5) is 11.4 Å². The van der Waals surface area contributed by atoms with Gasteiger partial charge in [0.05, 0.1) is 16.8 Å². The van der Waals surface area contributed by atoms with Crippen LogP contribution in [0.15, 0.2) is 54.7 Å². The first-order chi connectivity index (χ1) is 12.7. The number of anilines is 2. The highest BCUT2D eigenvalue weighted by molar-refractivity contribution is 7.99. The summed E-state index contributed by atoms with van der Waals surface area (Å²) in [7, 11) is 0. The van der Waals surface area contributed by atoms with Crippen LogP contribution in [0, 0.1) is 0 Å². The maximum atomic E-state index is 13.1. The Morgan fingerprint density at radius 2 is 1.92 bits per heavy atom. The monoisotopic (exact) mass is 383 g/mol. The summed E-state index contributed by atoms with van der Waals surface area (Å²) in [5.74, 6) is 1.97. The van der Waals surface area contributed by atoms with Crippen molar-refractivity contribution in [2.45, 2.75) is 0 Å². The van der Waals surface area contributed by atoms with Crippen LogP contribution in [0.3, 0.4) is 0 Å². The van der Waals surface area contributed by atoms with E-state index >= 15 is 0 Å². The standard InChI is InChI=1S/C20H18ClN3OS/c21-14-4-3-5-15(12-14)23-19-16-6-1-2-7-18(16)22-13-17(19)20(25)24-8-10-26-11-9-24/h1-7,12-13H,8-11H2,(H,22,23). The van der Waals surface area contributed by atoms with Crippen LogP contribution in [0.2, 0.25) is 5.02 Å². The van der Waals surface area contributed by atoms with Crippen LogP contribution < -0.4 is 5.32 Å². The van der Waals surface area contributed by atoms with Gasteiger partial charge in [-0.1, -0.05) is 35.9 Å². The molecule has 0 spiro atoms. The van der Waals surface area contributed by atoms with Crippen LogP contribution in [0.25, 0.3) is 10.9 Å². The van der Waals surface area contributed by atoms with Crippen LogP contribution >= 0.6 is 23.4 Å². The Morgan fingerprint density at radius 3 is 2.73 bits per heavy atom. The lowest BCUT2D eigenvalue weighted by Gasteiger charge is -2.27. The van der Waals surface area contributed by atoms with Gasteiger partial charge in [-0.25, -0.2) is 0 Å². The summed E-state index contributed by atoms with van der Waals surface area (Å²) in [5.41, 5.74) is 3.07. The van der Waals surface area contributed by atoms with Gasteiger partial charge in [0.1, 0.15) is 0 Å². The molecule has 26 heavy (non-hydrogen) atoms. The number of pyridine rings is 1. The topological polar surface area (TPSA) is 45.2 Å². The molecule has 0 unspecified atom stereocenters. The number of hydrogen-bond donors (Lipinski definition) is 1. The quantitative estimate of drug-likeness (QED) is 0.704. The molecule has 0 aliphatic carbocycles. The Labute approximate surface area is 161 Å². The van der Waals surface area contributed by atoms with Gasteiger partial charge in [-0.2, -0.15) is 11.8 Å². The Balaban J connectivity index is 1.80. The molecule has 2 aromatic carbocycles. The summed E-state index contributed by atoms with van der Waals surface area (Å²) in [6.45, 7) is 1.54. The largest absolute Gasteiger partial charge is 0.354 e. The van der Waals surface area contributed by atoms with Crippen LogP contribution in [0.1, 0.15) is 10.4 Å². The van der Waals surface area contributed by atoms with Crippen molar-refractivity contribution in [1.29, 1.82) is 0 Å². The zero-order valence-electron chi connectivity index (χ0n) is 14.1. The van der Waals surface area contributed by atoms with E-state index in [1.807, 2.05) is 65.2 Å². The number of hydrogen-bond acceptors (Lipinski definition) is 4. The van der Waals surface area contributed by atoms with Crippen molar-refractivity contribution in [3.8, 4) is 0 Å². The molecule has 1 N–H and O–H groups in total. The maximum Gasteiger partial charge on any atom is 0.257 e. The van der Waals surface area contributed by atoms with E-state index in [4.69, 9.17) is 11.6 Å².